The minimum Gasteiger partial charge on any atom is -0.353 e. The topological polar surface area (TPSA) is 47.9 Å². The third-order valence-electron chi connectivity index (χ3n) is 4.23. The van der Waals surface area contributed by atoms with E-state index in [1.807, 2.05) is 4.90 Å². The fraction of sp³-hybridized carbons (Fsp3) is 0.867. The van der Waals surface area contributed by atoms with Crippen molar-refractivity contribution >= 4 is 35.8 Å². The molecule has 2 atom stereocenters. The number of nitrogens with one attached hydrogen (secondary N) is 1. The van der Waals surface area contributed by atoms with E-state index < -0.39 is 0 Å². The summed E-state index contributed by atoms with van der Waals surface area (Å²) in [5, 5.41) is 3.61. The number of aliphatic imine (C=N–C) groups is 1. The Morgan fingerprint density at radius 2 is 1.81 bits per heavy atom. The van der Waals surface area contributed by atoms with Crippen LogP contribution in [0.5, 0.6) is 0 Å². The third-order valence-corrected chi connectivity index (χ3v) is 4.23. The fourth-order valence-corrected chi connectivity index (χ4v) is 2.90. The van der Waals surface area contributed by atoms with Gasteiger partial charge in [-0.3, -0.25) is 9.79 Å². The predicted molar refractivity (Wildman–Crippen MR) is 97.2 cm³/mol. The lowest BCUT2D eigenvalue weighted by atomic mass is 10.2. The van der Waals surface area contributed by atoms with Crippen molar-refractivity contribution in [2.24, 2.45) is 10.9 Å². The molecule has 0 spiro atoms. The SMILES string of the molecule is CCCC1CC1NC(=NCC)N1CCN(C(C)=O)CC1.I. The van der Waals surface area contributed by atoms with Crippen molar-refractivity contribution in [2.45, 2.75) is 46.1 Å². The van der Waals surface area contributed by atoms with Crippen LogP contribution >= 0.6 is 24.0 Å². The van der Waals surface area contributed by atoms with Gasteiger partial charge in [-0.2, -0.15) is 0 Å². The summed E-state index contributed by atoms with van der Waals surface area (Å²) < 4.78 is 0. The molecule has 1 N–H and O–H groups in total. The molecule has 1 saturated carbocycles. The summed E-state index contributed by atoms with van der Waals surface area (Å²) in [6, 6.07) is 0.617. The highest BCUT2D eigenvalue weighted by Gasteiger charge is 2.37. The second-order valence-electron chi connectivity index (χ2n) is 5.83. The molecule has 2 unspecified atom stereocenters. The number of carbonyl (C=O) groups is 1. The quantitative estimate of drug-likeness (QED) is 0.439. The molecule has 0 aromatic carbocycles. The number of nitrogens with zero attached hydrogens (tertiary/aromatic N) is 3. The summed E-state index contributed by atoms with van der Waals surface area (Å²) in [6.07, 6.45) is 3.86. The zero-order valence-electron chi connectivity index (χ0n) is 13.5. The van der Waals surface area contributed by atoms with Gasteiger partial charge < -0.3 is 15.1 Å². The van der Waals surface area contributed by atoms with E-state index in [9.17, 15) is 4.79 Å². The van der Waals surface area contributed by atoms with E-state index >= 15 is 0 Å². The van der Waals surface area contributed by atoms with Gasteiger partial charge in [-0.25, -0.2) is 0 Å². The molecule has 6 heteroatoms. The van der Waals surface area contributed by atoms with Crippen LogP contribution in [-0.4, -0.2) is 60.4 Å². The monoisotopic (exact) mass is 408 g/mol. The van der Waals surface area contributed by atoms with Crippen molar-refractivity contribution in [3.63, 3.8) is 0 Å². The van der Waals surface area contributed by atoms with Gasteiger partial charge in [-0.15, -0.1) is 24.0 Å². The van der Waals surface area contributed by atoms with Gasteiger partial charge in [0.15, 0.2) is 5.96 Å². The first kappa shape index (κ1) is 18.5. The van der Waals surface area contributed by atoms with Crippen LogP contribution in [0.2, 0.25) is 0 Å². The number of halogens is 1. The first-order chi connectivity index (χ1) is 9.65. The van der Waals surface area contributed by atoms with Crippen LogP contribution in [0, 0.1) is 5.92 Å². The first-order valence-electron chi connectivity index (χ1n) is 7.97. The molecule has 1 amide bonds. The Balaban J connectivity index is 0.00000220. The van der Waals surface area contributed by atoms with Crippen LogP contribution in [0.25, 0.3) is 0 Å². The maximum Gasteiger partial charge on any atom is 0.219 e. The van der Waals surface area contributed by atoms with Crippen molar-refractivity contribution in [1.29, 1.82) is 0 Å². The van der Waals surface area contributed by atoms with Crippen LogP contribution in [0.15, 0.2) is 4.99 Å². The van der Waals surface area contributed by atoms with Crippen LogP contribution in [0.4, 0.5) is 0 Å². The zero-order valence-corrected chi connectivity index (χ0v) is 15.8. The average molecular weight is 408 g/mol. The Bertz CT molecular complexity index is 367. The number of rotatable bonds is 4. The van der Waals surface area contributed by atoms with Gasteiger partial charge in [-0.1, -0.05) is 13.3 Å². The second kappa shape index (κ2) is 8.80. The summed E-state index contributed by atoms with van der Waals surface area (Å²) in [7, 11) is 0. The highest BCUT2D eigenvalue weighted by atomic mass is 127. The van der Waals surface area contributed by atoms with Crippen molar-refractivity contribution in [3.8, 4) is 0 Å². The van der Waals surface area contributed by atoms with Crippen molar-refractivity contribution in [1.82, 2.24) is 15.1 Å². The molecule has 122 valence electrons. The lowest BCUT2D eigenvalue weighted by Crippen LogP contribution is -2.54. The lowest BCUT2D eigenvalue weighted by Gasteiger charge is -2.36. The minimum absolute atomic E-state index is 0. The molecule has 0 aromatic rings. The molecule has 0 aromatic heterocycles. The first-order valence-corrected chi connectivity index (χ1v) is 7.97. The normalized spacial score (nSPS) is 25.4. The number of piperazine rings is 1. The van der Waals surface area contributed by atoms with E-state index in [1.54, 1.807) is 6.92 Å². The van der Waals surface area contributed by atoms with E-state index in [0.717, 1.165) is 44.6 Å². The van der Waals surface area contributed by atoms with Gasteiger partial charge in [0.25, 0.3) is 0 Å². The molecule has 1 aliphatic heterocycles. The van der Waals surface area contributed by atoms with E-state index in [-0.39, 0.29) is 29.9 Å². The molecule has 2 rings (SSSR count). The molecule has 2 fully saturated rings. The summed E-state index contributed by atoms with van der Waals surface area (Å²) in [5.41, 5.74) is 0. The van der Waals surface area contributed by atoms with Gasteiger partial charge in [0, 0.05) is 45.7 Å². The summed E-state index contributed by atoms with van der Waals surface area (Å²) in [4.78, 5) is 20.2. The molecular weight excluding hydrogens is 379 g/mol. The van der Waals surface area contributed by atoms with E-state index in [4.69, 9.17) is 0 Å². The summed E-state index contributed by atoms with van der Waals surface area (Å²) in [5.74, 6) is 2.05. The van der Waals surface area contributed by atoms with Crippen LogP contribution < -0.4 is 5.32 Å². The minimum atomic E-state index is 0. The molecule has 5 nitrogen and oxygen atoms in total. The standard InChI is InChI=1S/C15H28N4O.HI/c1-4-6-13-11-14(13)17-15(16-5-2)19-9-7-18(8-10-19)12(3)20;/h13-14H,4-11H2,1-3H3,(H,16,17);1H. The Kier molecular flexibility index (Phi) is 7.76. The number of hydrogen-bond acceptors (Lipinski definition) is 2. The Morgan fingerprint density at radius 1 is 1.19 bits per heavy atom. The van der Waals surface area contributed by atoms with Crippen LogP contribution in [-0.2, 0) is 4.79 Å². The van der Waals surface area contributed by atoms with Gasteiger partial charge >= 0.3 is 0 Å². The number of amides is 1. The van der Waals surface area contributed by atoms with Crippen molar-refractivity contribution in [2.75, 3.05) is 32.7 Å². The molecule has 1 saturated heterocycles. The highest BCUT2D eigenvalue weighted by molar-refractivity contribution is 14.0. The van der Waals surface area contributed by atoms with Crippen LogP contribution in [0.3, 0.4) is 0 Å². The molecule has 1 aliphatic carbocycles. The maximum absolute atomic E-state index is 11.4. The highest BCUT2D eigenvalue weighted by Crippen LogP contribution is 2.34. The largest absolute Gasteiger partial charge is 0.353 e. The number of carbonyl (C=O) groups excluding carboxylic acids is 1. The van der Waals surface area contributed by atoms with Gasteiger partial charge in [0.2, 0.25) is 5.91 Å². The van der Waals surface area contributed by atoms with Gasteiger partial charge in [0.05, 0.1) is 0 Å². The molecule has 0 radical (unpaired) electrons. The summed E-state index contributed by atoms with van der Waals surface area (Å²) >= 11 is 0. The Labute approximate surface area is 145 Å². The molecule has 2 aliphatic rings. The van der Waals surface area contributed by atoms with E-state index in [0.29, 0.717) is 6.04 Å². The predicted octanol–water partition coefficient (Wildman–Crippen LogP) is 1.92. The summed E-state index contributed by atoms with van der Waals surface area (Å²) in [6.45, 7) is 10.2. The van der Waals surface area contributed by atoms with Crippen LogP contribution in [0.1, 0.15) is 40.0 Å². The Morgan fingerprint density at radius 3 is 2.33 bits per heavy atom. The number of hydrogen-bond donors (Lipinski definition) is 1. The second-order valence-corrected chi connectivity index (χ2v) is 5.83. The third kappa shape index (κ3) is 5.30. The lowest BCUT2D eigenvalue weighted by molar-refractivity contribution is -0.130. The smallest absolute Gasteiger partial charge is 0.219 e. The molecule has 1 heterocycles. The fourth-order valence-electron chi connectivity index (χ4n) is 2.90. The number of guanidine groups is 1. The Hall–Kier alpha value is -0.530. The molecule has 0 bridgehead atoms. The molecule has 21 heavy (non-hydrogen) atoms. The van der Waals surface area contributed by atoms with E-state index in [1.165, 1.54) is 19.3 Å². The van der Waals surface area contributed by atoms with Crippen molar-refractivity contribution < 1.29 is 4.79 Å². The molecular formula is C15H29IN4O. The maximum atomic E-state index is 11.4. The average Bonchev–Trinajstić information content (AvgIpc) is 3.17. The van der Waals surface area contributed by atoms with Crippen molar-refractivity contribution in [3.05, 3.63) is 0 Å². The zero-order chi connectivity index (χ0) is 14.5. The van der Waals surface area contributed by atoms with E-state index in [2.05, 4.69) is 29.1 Å². The van der Waals surface area contributed by atoms with Gasteiger partial charge in [0.1, 0.15) is 0 Å². The van der Waals surface area contributed by atoms with Gasteiger partial charge in [-0.05, 0) is 25.7 Å².